The van der Waals surface area contributed by atoms with Gasteiger partial charge in [-0.15, -0.1) is 0 Å². The number of hydrogen-bond acceptors (Lipinski definition) is 3. The number of fused-ring (bicyclic) bond motifs is 1. The van der Waals surface area contributed by atoms with E-state index in [9.17, 15) is 9.90 Å². The first-order chi connectivity index (χ1) is 10.1. The van der Waals surface area contributed by atoms with Gasteiger partial charge in [-0.25, -0.2) is 0 Å². The number of halogens is 1. The van der Waals surface area contributed by atoms with Crippen molar-refractivity contribution in [3.8, 4) is 0 Å². The Morgan fingerprint density at radius 3 is 2.57 bits per heavy atom. The van der Waals surface area contributed by atoms with Gasteiger partial charge in [-0.1, -0.05) is 24.3 Å². The predicted molar refractivity (Wildman–Crippen MR) is 83.1 cm³/mol. The summed E-state index contributed by atoms with van der Waals surface area (Å²) in [5, 5.41) is 13.4. The molecule has 2 aromatic rings. The van der Waals surface area contributed by atoms with Gasteiger partial charge in [0.2, 0.25) is 0 Å². The molecule has 1 aromatic heterocycles. The number of pyridine rings is 1. The van der Waals surface area contributed by atoms with Crippen molar-refractivity contribution < 1.29 is 9.90 Å². The molecule has 1 heterocycles. The zero-order valence-electron chi connectivity index (χ0n) is 11.3. The van der Waals surface area contributed by atoms with Crippen molar-refractivity contribution in [2.24, 2.45) is 0 Å². The summed E-state index contributed by atoms with van der Waals surface area (Å²) < 4.78 is 0.752. The van der Waals surface area contributed by atoms with Gasteiger partial charge in [0.05, 0.1) is 11.2 Å². The Kier molecular flexibility index (Phi) is 3.78. The minimum atomic E-state index is -0.904. The lowest BCUT2D eigenvalue weighted by Crippen LogP contribution is -2.43. The van der Waals surface area contributed by atoms with Gasteiger partial charge >= 0.3 is 0 Å². The third kappa shape index (κ3) is 3.14. The molecular weight excluding hydrogens is 332 g/mol. The van der Waals surface area contributed by atoms with E-state index in [0.29, 0.717) is 18.4 Å². The molecule has 3 rings (SSSR count). The number of carbonyl (C=O) groups excluding carboxylic acids is 1. The fraction of sp³-hybridized carbons (Fsp3) is 0.250. The van der Waals surface area contributed by atoms with Crippen LogP contribution >= 0.6 is 15.9 Å². The molecule has 108 valence electrons. The second-order valence-corrected chi connectivity index (χ2v) is 6.34. The number of nitrogens with zero attached hydrogens (tertiary/aromatic N) is 1. The van der Waals surface area contributed by atoms with E-state index in [4.69, 9.17) is 0 Å². The molecule has 0 atom stereocenters. The summed E-state index contributed by atoms with van der Waals surface area (Å²) in [6, 6.07) is 9.68. The van der Waals surface area contributed by atoms with E-state index in [-0.39, 0.29) is 12.5 Å². The van der Waals surface area contributed by atoms with E-state index < -0.39 is 5.60 Å². The Bertz CT molecular complexity index is 662. The smallest absolute Gasteiger partial charge is 0.252 e. The number of benzene rings is 1. The van der Waals surface area contributed by atoms with E-state index in [1.807, 2.05) is 24.3 Å². The fourth-order valence-electron chi connectivity index (χ4n) is 2.68. The van der Waals surface area contributed by atoms with E-state index >= 15 is 0 Å². The molecule has 1 aliphatic carbocycles. The zero-order valence-corrected chi connectivity index (χ0v) is 12.9. The summed E-state index contributed by atoms with van der Waals surface area (Å²) in [5.74, 6) is -0.229. The Labute approximate surface area is 131 Å². The summed E-state index contributed by atoms with van der Waals surface area (Å²) in [4.78, 5) is 16.1. The molecule has 0 saturated heterocycles. The Balaban J connectivity index is 1.65. The molecule has 0 bridgehead atoms. The Hall–Kier alpha value is -1.72. The monoisotopic (exact) mass is 346 g/mol. The second kappa shape index (κ2) is 5.58. The topological polar surface area (TPSA) is 62.2 Å². The third-order valence-corrected chi connectivity index (χ3v) is 4.14. The van der Waals surface area contributed by atoms with Crippen molar-refractivity contribution in [3.05, 3.63) is 63.9 Å². The van der Waals surface area contributed by atoms with E-state index in [0.717, 1.165) is 15.6 Å². The summed E-state index contributed by atoms with van der Waals surface area (Å²) in [5.41, 5.74) is 1.87. The van der Waals surface area contributed by atoms with Crippen molar-refractivity contribution in [2.75, 3.05) is 6.54 Å². The molecule has 21 heavy (non-hydrogen) atoms. The molecule has 0 radical (unpaired) electrons. The molecule has 0 unspecified atom stereocenters. The van der Waals surface area contributed by atoms with Gasteiger partial charge in [0.25, 0.3) is 5.91 Å². The number of nitrogens with one attached hydrogen (secondary N) is 1. The lowest BCUT2D eigenvalue weighted by atomic mass is 10.0. The van der Waals surface area contributed by atoms with Crippen LogP contribution in [0.5, 0.6) is 0 Å². The van der Waals surface area contributed by atoms with E-state index in [2.05, 4.69) is 26.2 Å². The number of aliphatic hydroxyl groups is 1. The molecule has 1 aliphatic rings. The number of carbonyl (C=O) groups is 1. The summed E-state index contributed by atoms with van der Waals surface area (Å²) in [6.07, 6.45) is 4.27. The molecule has 2 N–H and O–H groups in total. The van der Waals surface area contributed by atoms with Crippen LogP contribution in [0.15, 0.2) is 47.2 Å². The number of aromatic nitrogens is 1. The van der Waals surface area contributed by atoms with Crippen LogP contribution in [0.3, 0.4) is 0 Å². The minimum Gasteiger partial charge on any atom is -0.387 e. The van der Waals surface area contributed by atoms with Gasteiger partial charge in [-0.05, 0) is 33.1 Å². The normalized spacial score (nSPS) is 15.5. The maximum atomic E-state index is 12.1. The average Bonchev–Trinajstić information content (AvgIpc) is 2.81. The van der Waals surface area contributed by atoms with Crippen LogP contribution in [0.4, 0.5) is 0 Å². The second-order valence-electron chi connectivity index (χ2n) is 5.42. The maximum absolute atomic E-state index is 12.1. The Morgan fingerprint density at radius 2 is 1.95 bits per heavy atom. The lowest BCUT2D eigenvalue weighted by Gasteiger charge is -2.22. The quantitative estimate of drug-likeness (QED) is 0.894. The van der Waals surface area contributed by atoms with Crippen LogP contribution in [0, 0.1) is 0 Å². The number of rotatable bonds is 3. The summed E-state index contributed by atoms with van der Waals surface area (Å²) >= 11 is 3.29. The number of hydrogen-bond donors (Lipinski definition) is 2. The third-order valence-electron chi connectivity index (χ3n) is 3.70. The van der Waals surface area contributed by atoms with Crippen molar-refractivity contribution in [1.82, 2.24) is 10.3 Å². The van der Waals surface area contributed by atoms with Gasteiger partial charge < -0.3 is 10.4 Å². The first kappa shape index (κ1) is 14.2. The highest BCUT2D eigenvalue weighted by atomic mass is 79.9. The van der Waals surface area contributed by atoms with Gasteiger partial charge in [0, 0.05) is 36.3 Å². The standard InChI is InChI=1S/C16H15BrN2O2/c17-14-5-13(8-18-9-14)15(20)19-10-16(21)6-11-3-1-2-4-12(11)7-16/h1-5,8-9,21H,6-7,10H2,(H,19,20). The van der Waals surface area contributed by atoms with Crippen molar-refractivity contribution >= 4 is 21.8 Å². The fourth-order valence-corrected chi connectivity index (χ4v) is 3.05. The average molecular weight is 347 g/mol. The molecular formula is C16H15BrN2O2. The first-order valence-electron chi connectivity index (χ1n) is 6.74. The van der Waals surface area contributed by atoms with Crippen LogP contribution in [0.2, 0.25) is 0 Å². The van der Waals surface area contributed by atoms with Gasteiger partial charge in [0.1, 0.15) is 0 Å². The van der Waals surface area contributed by atoms with Crippen LogP contribution in [0.25, 0.3) is 0 Å². The highest BCUT2D eigenvalue weighted by Gasteiger charge is 2.35. The van der Waals surface area contributed by atoms with Crippen molar-refractivity contribution in [1.29, 1.82) is 0 Å². The van der Waals surface area contributed by atoms with Gasteiger partial charge in [0.15, 0.2) is 0 Å². The lowest BCUT2D eigenvalue weighted by molar-refractivity contribution is 0.0479. The zero-order chi connectivity index (χ0) is 14.9. The Morgan fingerprint density at radius 1 is 1.29 bits per heavy atom. The molecule has 0 spiro atoms. The molecule has 1 aromatic carbocycles. The number of amides is 1. The van der Waals surface area contributed by atoms with Crippen molar-refractivity contribution in [2.45, 2.75) is 18.4 Å². The maximum Gasteiger partial charge on any atom is 0.252 e. The molecule has 5 heteroatoms. The first-order valence-corrected chi connectivity index (χ1v) is 7.53. The highest BCUT2D eigenvalue weighted by molar-refractivity contribution is 9.10. The van der Waals surface area contributed by atoms with Crippen LogP contribution in [-0.4, -0.2) is 28.1 Å². The van der Waals surface area contributed by atoms with Crippen LogP contribution in [0.1, 0.15) is 21.5 Å². The molecule has 1 amide bonds. The van der Waals surface area contributed by atoms with Crippen molar-refractivity contribution in [3.63, 3.8) is 0 Å². The van der Waals surface area contributed by atoms with Gasteiger partial charge in [-0.3, -0.25) is 9.78 Å². The molecule has 0 aliphatic heterocycles. The van der Waals surface area contributed by atoms with Gasteiger partial charge in [-0.2, -0.15) is 0 Å². The van der Waals surface area contributed by atoms with Crippen LogP contribution in [-0.2, 0) is 12.8 Å². The molecule has 0 fully saturated rings. The predicted octanol–water partition coefficient (Wildman–Crippen LogP) is 2.10. The molecule has 0 saturated carbocycles. The highest BCUT2D eigenvalue weighted by Crippen LogP contribution is 2.29. The SMILES string of the molecule is O=C(NCC1(O)Cc2ccccc2C1)c1cncc(Br)c1. The minimum absolute atomic E-state index is 0.229. The molecule has 4 nitrogen and oxygen atoms in total. The van der Waals surface area contributed by atoms with Crippen LogP contribution < -0.4 is 5.32 Å². The van der Waals surface area contributed by atoms with E-state index in [1.165, 1.54) is 6.20 Å². The largest absolute Gasteiger partial charge is 0.387 e. The van der Waals surface area contributed by atoms with E-state index in [1.54, 1.807) is 12.3 Å². The summed E-state index contributed by atoms with van der Waals surface area (Å²) in [7, 11) is 0. The summed E-state index contributed by atoms with van der Waals surface area (Å²) in [6.45, 7) is 0.229.